The molecule has 2 N–H and O–H groups in total. The lowest BCUT2D eigenvalue weighted by molar-refractivity contribution is -0.142. The Morgan fingerprint density at radius 2 is 2.06 bits per heavy atom. The van der Waals surface area contributed by atoms with Gasteiger partial charge >= 0.3 is 11.9 Å². The van der Waals surface area contributed by atoms with E-state index in [2.05, 4.69) is 26.0 Å². The molecule has 0 heterocycles. The number of aliphatic carboxylic acids is 1. The van der Waals surface area contributed by atoms with Gasteiger partial charge in [-0.3, -0.25) is 0 Å². The van der Waals surface area contributed by atoms with Gasteiger partial charge in [-0.1, -0.05) is 12.1 Å². The molecule has 0 unspecified atom stereocenters. The summed E-state index contributed by atoms with van der Waals surface area (Å²) in [6.07, 6.45) is 1.09. The Balaban J connectivity index is 2.91. The second-order valence-corrected chi connectivity index (χ2v) is 3.83. The van der Waals surface area contributed by atoms with Crippen LogP contribution in [0.3, 0.4) is 0 Å². The number of methoxy groups -OCH3 is 1. The van der Waals surface area contributed by atoms with E-state index in [-0.39, 0.29) is 0 Å². The van der Waals surface area contributed by atoms with Crippen molar-refractivity contribution in [2.45, 2.75) is 0 Å². The van der Waals surface area contributed by atoms with E-state index in [4.69, 9.17) is 5.11 Å². The lowest BCUT2D eigenvalue weighted by Gasteiger charge is -2.05. The van der Waals surface area contributed by atoms with Crippen LogP contribution >= 0.6 is 15.9 Å². The van der Waals surface area contributed by atoms with Gasteiger partial charge in [-0.05, 0) is 28.1 Å². The van der Waals surface area contributed by atoms with Crippen molar-refractivity contribution in [1.82, 2.24) is 0 Å². The predicted molar refractivity (Wildman–Crippen MR) is 65.5 cm³/mol. The summed E-state index contributed by atoms with van der Waals surface area (Å²) in [5.74, 6) is -2.26. The number of halogens is 1. The third kappa shape index (κ3) is 3.60. The van der Waals surface area contributed by atoms with Crippen molar-refractivity contribution < 1.29 is 19.4 Å². The summed E-state index contributed by atoms with van der Waals surface area (Å²) in [4.78, 5) is 21.9. The number of ether oxygens (including phenoxy) is 1. The van der Waals surface area contributed by atoms with Gasteiger partial charge in [0, 0.05) is 10.7 Å². The fourth-order valence-corrected chi connectivity index (χ4v) is 1.45. The highest BCUT2D eigenvalue weighted by molar-refractivity contribution is 9.10. The van der Waals surface area contributed by atoms with Crippen LogP contribution in [0.5, 0.6) is 0 Å². The van der Waals surface area contributed by atoms with E-state index in [1.807, 2.05) is 6.07 Å². The number of carbonyl (C=O) groups excluding carboxylic acids is 1. The van der Waals surface area contributed by atoms with E-state index in [0.717, 1.165) is 17.8 Å². The lowest BCUT2D eigenvalue weighted by Crippen LogP contribution is -2.15. The summed E-state index contributed by atoms with van der Waals surface area (Å²) in [6, 6.07) is 7.11. The lowest BCUT2D eigenvalue weighted by atomic mass is 10.3. The van der Waals surface area contributed by atoms with Crippen molar-refractivity contribution in [2.75, 3.05) is 12.4 Å². The number of carboxylic acids is 1. The number of rotatable bonds is 4. The predicted octanol–water partition coefficient (Wildman–Crippen LogP) is 2.00. The SMILES string of the molecule is COC(=O)C(=CNc1ccccc1Br)C(=O)O. The molecule has 6 heteroatoms. The first-order chi connectivity index (χ1) is 8.06. The normalized spacial score (nSPS) is 10.8. The van der Waals surface area contributed by atoms with Crippen LogP contribution in [0.2, 0.25) is 0 Å². The summed E-state index contributed by atoms with van der Waals surface area (Å²) < 4.78 is 5.11. The third-order valence-corrected chi connectivity index (χ3v) is 2.57. The van der Waals surface area contributed by atoms with Gasteiger partial charge < -0.3 is 15.2 Å². The first kappa shape index (κ1) is 13.2. The summed E-state index contributed by atoms with van der Waals surface area (Å²) in [5.41, 5.74) is 0.179. The Kier molecular flexibility index (Phi) is 4.71. The molecule has 0 saturated carbocycles. The Morgan fingerprint density at radius 3 is 2.59 bits per heavy atom. The van der Waals surface area contributed by atoms with Crippen LogP contribution in [-0.4, -0.2) is 24.2 Å². The molecule has 0 aliphatic rings. The maximum absolute atomic E-state index is 11.1. The van der Waals surface area contributed by atoms with Crippen molar-refractivity contribution in [3.05, 3.63) is 40.5 Å². The molecule has 0 bridgehead atoms. The molecule has 17 heavy (non-hydrogen) atoms. The number of esters is 1. The van der Waals surface area contributed by atoms with Crippen molar-refractivity contribution in [3.8, 4) is 0 Å². The number of para-hydroxylation sites is 1. The molecule has 0 atom stereocenters. The fourth-order valence-electron chi connectivity index (χ4n) is 1.05. The zero-order valence-corrected chi connectivity index (χ0v) is 10.5. The van der Waals surface area contributed by atoms with Crippen LogP contribution in [0.1, 0.15) is 0 Å². The molecule has 1 aromatic carbocycles. The Bertz CT molecular complexity index is 470. The number of benzene rings is 1. The number of carbonyl (C=O) groups is 2. The van der Waals surface area contributed by atoms with Crippen LogP contribution in [0.25, 0.3) is 0 Å². The smallest absolute Gasteiger partial charge is 0.346 e. The summed E-state index contributed by atoms with van der Waals surface area (Å²) >= 11 is 3.28. The van der Waals surface area contributed by atoms with Gasteiger partial charge in [0.25, 0.3) is 0 Å². The minimum absolute atomic E-state index is 0.469. The van der Waals surface area contributed by atoms with E-state index in [9.17, 15) is 9.59 Å². The Labute approximate surface area is 106 Å². The van der Waals surface area contributed by atoms with Gasteiger partial charge in [0.15, 0.2) is 5.57 Å². The second kappa shape index (κ2) is 6.05. The van der Waals surface area contributed by atoms with Crippen LogP contribution in [0.15, 0.2) is 40.5 Å². The number of anilines is 1. The summed E-state index contributed by atoms with van der Waals surface area (Å²) in [5, 5.41) is 11.5. The quantitative estimate of drug-likeness (QED) is 0.385. The van der Waals surface area contributed by atoms with E-state index in [1.54, 1.807) is 18.2 Å². The standard InChI is InChI=1S/C11H10BrNO4/c1-17-11(16)7(10(14)15)6-13-9-5-3-2-4-8(9)12/h2-6,13H,1H3,(H,14,15). The summed E-state index contributed by atoms with van der Waals surface area (Å²) in [7, 11) is 1.12. The maximum atomic E-state index is 11.1. The molecule has 0 aliphatic carbocycles. The van der Waals surface area contributed by atoms with Gasteiger partial charge in [-0.2, -0.15) is 0 Å². The molecule has 0 spiro atoms. The molecule has 0 saturated heterocycles. The van der Waals surface area contributed by atoms with Crippen molar-refractivity contribution >= 4 is 33.6 Å². The molecular formula is C11H10BrNO4. The van der Waals surface area contributed by atoms with Gasteiger partial charge in [0.2, 0.25) is 0 Å². The third-order valence-electron chi connectivity index (χ3n) is 1.88. The molecule has 90 valence electrons. The average Bonchev–Trinajstić information content (AvgIpc) is 2.30. The molecule has 1 aromatic rings. The first-order valence-electron chi connectivity index (χ1n) is 4.59. The second-order valence-electron chi connectivity index (χ2n) is 2.98. The maximum Gasteiger partial charge on any atom is 0.346 e. The van der Waals surface area contributed by atoms with E-state index in [0.29, 0.717) is 5.69 Å². The number of carboxylic acid groups (broad SMARTS) is 1. The average molecular weight is 300 g/mol. The zero-order chi connectivity index (χ0) is 12.8. The van der Waals surface area contributed by atoms with Gasteiger partial charge in [0.05, 0.1) is 12.8 Å². The number of hydrogen-bond donors (Lipinski definition) is 2. The molecule has 5 nitrogen and oxygen atoms in total. The van der Waals surface area contributed by atoms with E-state index < -0.39 is 17.5 Å². The largest absolute Gasteiger partial charge is 0.477 e. The van der Waals surface area contributed by atoms with Crippen LogP contribution in [-0.2, 0) is 14.3 Å². The molecule has 0 fully saturated rings. The van der Waals surface area contributed by atoms with Crippen LogP contribution < -0.4 is 5.32 Å². The minimum atomic E-state index is -1.35. The van der Waals surface area contributed by atoms with E-state index >= 15 is 0 Å². The molecule has 0 aliphatic heterocycles. The van der Waals surface area contributed by atoms with Gasteiger partial charge in [-0.25, -0.2) is 9.59 Å². The summed E-state index contributed by atoms with van der Waals surface area (Å²) in [6.45, 7) is 0. The molecule has 1 rings (SSSR count). The molecule has 0 amide bonds. The van der Waals surface area contributed by atoms with E-state index in [1.165, 1.54) is 0 Å². The van der Waals surface area contributed by atoms with Gasteiger partial charge in [-0.15, -0.1) is 0 Å². The fraction of sp³-hybridized carbons (Fsp3) is 0.0909. The Morgan fingerprint density at radius 1 is 1.41 bits per heavy atom. The van der Waals surface area contributed by atoms with Crippen LogP contribution in [0, 0.1) is 0 Å². The first-order valence-corrected chi connectivity index (χ1v) is 5.38. The van der Waals surface area contributed by atoms with Crippen molar-refractivity contribution in [2.24, 2.45) is 0 Å². The zero-order valence-electron chi connectivity index (χ0n) is 8.94. The monoisotopic (exact) mass is 299 g/mol. The van der Waals surface area contributed by atoms with Gasteiger partial charge in [0.1, 0.15) is 0 Å². The molecular weight excluding hydrogens is 290 g/mol. The highest BCUT2D eigenvalue weighted by Crippen LogP contribution is 2.21. The topological polar surface area (TPSA) is 75.6 Å². The minimum Gasteiger partial charge on any atom is -0.477 e. The van der Waals surface area contributed by atoms with Crippen molar-refractivity contribution in [3.63, 3.8) is 0 Å². The molecule has 0 radical (unpaired) electrons. The van der Waals surface area contributed by atoms with Crippen LogP contribution in [0.4, 0.5) is 5.69 Å². The molecule has 0 aromatic heterocycles. The highest BCUT2D eigenvalue weighted by atomic mass is 79.9. The number of nitrogens with one attached hydrogen (secondary N) is 1. The number of hydrogen-bond acceptors (Lipinski definition) is 4. The van der Waals surface area contributed by atoms with Crippen molar-refractivity contribution in [1.29, 1.82) is 0 Å². The Hall–Kier alpha value is -1.82. The highest BCUT2D eigenvalue weighted by Gasteiger charge is 2.17.